The lowest BCUT2D eigenvalue weighted by molar-refractivity contribution is -0.122. The summed E-state index contributed by atoms with van der Waals surface area (Å²) in [6, 6.07) is 8.21. The molecule has 4 nitrogen and oxygen atoms in total. The van der Waals surface area contributed by atoms with Gasteiger partial charge in [0.15, 0.2) is 0 Å². The molecule has 1 amide bonds. The minimum Gasteiger partial charge on any atom is -0.352 e. The third kappa shape index (κ3) is 2.83. The van der Waals surface area contributed by atoms with Crippen LogP contribution in [0.2, 0.25) is 0 Å². The lowest BCUT2D eigenvalue weighted by Gasteiger charge is -2.11. The Balaban J connectivity index is 2.02. The second-order valence-electron chi connectivity index (χ2n) is 5.24. The van der Waals surface area contributed by atoms with Crippen LogP contribution in [0.5, 0.6) is 0 Å². The molecule has 3 rings (SSSR count). The molecule has 0 saturated carbocycles. The molecule has 3 aromatic rings. The first-order chi connectivity index (χ1) is 10.1. The Labute approximate surface area is 127 Å². The Kier molecular flexibility index (Phi) is 3.75. The van der Waals surface area contributed by atoms with E-state index in [1.165, 1.54) is 0 Å². The van der Waals surface area contributed by atoms with Gasteiger partial charge in [0, 0.05) is 23.8 Å². The van der Waals surface area contributed by atoms with Gasteiger partial charge in [0.2, 0.25) is 5.91 Å². The molecule has 0 fully saturated rings. The van der Waals surface area contributed by atoms with Crippen LogP contribution >= 0.6 is 11.3 Å². The molecular weight excluding hydrogens is 282 g/mol. The molecular formula is C16H17N3OS. The summed E-state index contributed by atoms with van der Waals surface area (Å²) >= 11 is 1.66. The van der Waals surface area contributed by atoms with E-state index in [0.717, 1.165) is 21.5 Å². The Hall–Kier alpha value is -2.14. The lowest BCUT2D eigenvalue weighted by atomic mass is 10.2. The van der Waals surface area contributed by atoms with Crippen molar-refractivity contribution in [1.82, 2.24) is 14.9 Å². The lowest BCUT2D eigenvalue weighted by Crippen LogP contribution is -2.32. The number of nitrogens with zero attached hydrogens (tertiary/aromatic N) is 2. The van der Waals surface area contributed by atoms with Crippen LogP contribution in [0.15, 0.2) is 42.0 Å². The van der Waals surface area contributed by atoms with E-state index in [-0.39, 0.29) is 11.9 Å². The number of carbonyl (C=O) groups is 1. The van der Waals surface area contributed by atoms with E-state index in [1.807, 2.05) is 54.4 Å². The van der Waals surface area contributed by atoms with Crippen LogP contribution in [0.3, 0.4) is 0 Å². The molecule has 0 aliphatic rings. The monoisotopic (exact) mass is 299 g/mol. The maximum atomic E-state index is 12.0. The molecule has 0 spiro atoms. The highest BCUT2D eigenvalue weighted by Crippen LogP contribution is 2.30. The number of thiophene rings is 1. The Morgan fingerprint density at radius 1 is 1.38 bits per heavy atom. The number of carbonyl (C=O) groups excluding carboxylic acids is 1. The van der Waals surface area contributed by atoms with Crippen LogP contribution in [-0.2, 0) is 11.3 Å². The number of amides is 1. The summed E-state index contributed by atoms with van der Waals surface area (Å²) in [6.07, 6.45) is 3.76. The number of hydrogen-bond donors (Lipinski definition) is 1. The number of nitrogens with one attached hydrogen (secondary N) is 1. The van der Waals surface area contributed by atoms with E-state index in [2.05, 4.69) is 16.4 Å². The van der Waals surface area contributed by atoms with Crippen LogP contribution in [0.1, 0.15) is 13.8 Å². The summed E-state index contributed by atoms with van der Waals surface area (Å²) in [5.41, 5.74) is 1.95. The van der Waals surface area contributed by atoms with Gasteiger partial charge in [0.1, 0.15) is 12.2 Å². The van der Waals surface area contributed by atoms with Crippen LogP contribution in [0.25, 0.3) is 21.5 Å². The molecule has 3 heterocycles. The minimum absolute atomic E-state index is 0.0171. The standard InChI is InChI=1S/C16H17N3OS/c1-11(2)18-14(20)10-19-8-6-12-5-7-17-15(16(12)19)13-4-3-9-21-13/h3-9,11H,10H2,1-2H3,(H,18,20). The van der Waals surface area contributed by atoms with Crippen molar-refractivity contribution in [1.29, 1.82) is 0 Å². The average molecular weight is 299 g/mol. The Morgan fingerprint density at radius 3 is 2.95 bits per heavy atom. The highest BCUT2D eigenvalue weighted by atomic mass is 32.1. The van der Waals surface area contributed by atoms with E-state index in [4.69, 9.17) is 0 Å². The van der Waals surface area contributed by atoms with Gasteiger partial charge in [0.25, 0.3) is 0 Å². The molecule has 0 aromatic carbocycles. The minimum atomic E-state index is 0.0171. The molecule has 3 aromatic heterocycles. The van der Waals surface area contributed by atoms with E-state index < -0.39 is 0 Å². The van der Waals surface area contributed by atoms with Crippen molar-refractivity contribution in [3.63, 3.8) is 0 Å². The predicted molar refractivity (Wildman–Crippen MR) is 86.3 cm³/mol. The van der Waals surface area contributed by atoms with Crippen molar-refractivity contribution in [3.8, 4) is 10.6 Å². The Bertz CT molecular complexity index is 759. The first-order valence-corrected chi connectivity index (χ1v) is 7.80. The van der Waals surface area contributed by atoms with Crippen molar-refractivity contribution in [3.05, 3.63) is 42.0 Å². The fourth-order valence-electron chi connectivity index (χ4n) is 2.40. The molecule has 1 N–H and O–H groups in total. The summed E-state index contributed by atoms with van der Waals surface area (Å²) in [5, 5.41) is 6.06. The highest BCUT2D eigenvalue weighted by molar-refractivity contribution is 7.13. The van der Waals surface area contributed by atoms with E-state index in [1.54, 1.807) is 11.3 Å². The van der Waals surface area contributed by atoms with Gasteiger partial charge in [-0.05, 0) is 37.4 Å². The third-order valence-electron chi connectivity index (χ3n) is 3.19. The maximum Gasteiger partial charge on any atom is 0.240 e. The zero-order valence-corrected chi connectivity index (χ0v) is 12.9. The fourth-order valence-corrected chi connectivity index (χ4v) is 3.12. The van der Waals surface area contributed by atoms with Crippen molar-refractivity contribution in [2.24, 2.45) is 0 Å². The van der Waals surface area contributed by atoms with Crippen molar-refractivity contribution < 1.29 is 4.79 Å². The quantitative estimate of drug-likeness (QED) is 0.803. The summed E-state index contributed by atoms with van der Waals surface area (Å²) in [5.74, 6) is 0.0171. The Morgan fingerprint density at radius 2 is 2.24 bits per heavy atom. The van der Waals surface area contributed by atoms with Gasteiger partial charge in [-0.15, -0.1) is 11.3 Å². The average Bonchev–Trinajstić information content (AvgIpc) is 3.07. The van der Waals surface area contributed by atoms with E-state index in [0.29, 0.717) is 6.54 Å². The molecule has 108 valence electrons. The molecule has 0 unspecified atom stereocenters. The van der Waals surface area contributed by atoms with E-state index in [9.17, 15) is 4.79 Å². The van der Waals surface area contributed by atoms with Crippen molar-refractivity contribution in [2.45, 2.75) is 26.4 Å². The second-order valence-corrected chi connectivity index (χ2v) is 6.19. The first kappa shape index (κ1) is 13.8. The highest BCUT2D eigenvalue weighted by Gasteiger charge is 2.13. The van der Waals surface area contributed by atoms with Crippen LogP contribution in [0.4, 0.5) is 0 Å². The molecule has 21 heavy (non-hydrogen) atoms. The topological polar surface area (TPSA) is 46.9 Å². The smallest absolute Gasteiger partial charge is 0.240 e. The van der Waals surface area contributed by atoms with Gasteiger partial charge in [-0.25, -0.2) is 0 Å². The zero-order valence-electron chi connectivity index (χ0n) is 12.0. The van der Waals surface area contributed by atoms with Crippen LogP contribution < -0.4 is 5.32 Å². The number of pyridine rings is 1. The number of rotatable bonds is 4. The van der Waals surface area contributed by atoms with Crippen LogP contribution in [0, 0.1) is 0 Å². The summed E-state index contributed by atoms with van der Waals surface area (Å²) in [4.78, 5) is 17.6. The summed E-state index contributed by atoms with van der Waals surface area (Å²) < 4.78 is 1.97. The largest absolute Gasteiger partial charge is 0.352 e. The van der Waals surface area contributed by atoms with Gasteiger partial charge in [-0.1, -0.05) is 6.07 Å². The number of fused-ring (bicyclic) bond motifs is 1. The van der Waals surface area contributed by atoms with Gasteiger partial charge in [-0.2, -0.15) is 0 Å². The molecule has 0 radical (unpaired) electrons. The molecule has 0 saturated heterocycles. The fraction of sp³-hybridized carbons (Fsp3) is 0.250. The molecule has 0 bridgehead atoms. The molecule has 0 aliphatic heterocycles. The number of hydrogen-bond acceptors (Lipinski definition) is 3. The molecule has 0 aliphatic carbocycles. The van der Waals surface area contributed by atoms with Crippen molar-refractivity contribution >= 4 is 28.1 Å². The zero-order chi connectivity index (χ0) is 14.8. The van der Waals surface area contributed by atoms with Gasteiger partial charge in [0.05, 0.1) is 10.4 Å². The van der Waals surface area contributed by atoms with Crippen LogP contribution in [-0.4, -0.2) is 21.5 Å². The second kappa shape index (κ2) is 5.69. The third-order valence-corrected chi connectivity index (χ3v) is 4.07. The van der Waals surface area contributed by atoms with Crippen molar-refractivity contribution in [2.75, 3.05) is 0 Å². The number of aromatic nitrogens is 2. The van der Waals surface area contributed by atoms with Gasteiger partial charge >= 0.3 is 0 Å². The molecule has 5 heteroatoms. The maximum absolute atomic E-state index is 12.0. The normalized spacial score (nSPS) is 11.2. The first-order valence-electron chi connectivity index (χ1n) is 6.92. The van der Waals surface area contributed by atoms with Gasteiger partial charge in [-0.3, -0.25) is 9.78 Å². The summed E-state index contributed by atoms with van der Waals surface area (Å²) in [6.45, 7) is 4.24. The van der Waals surface area contributed by atoms with E-state index >= 15 is 0 Å². The SMILES string of the molecule is CC(C)NC(=O)Cn1ccc2ccnc(-c3cccs3)c21. The predicted octanol–water partition coefficient (Wildman–Crippen LogP) is 3.29. The summed E-state index contributed by atoms with van der Waals surface area (Å²) in [7, 11) is 0. The molecule has 0 atom stereocenters. The van der Waals surface area contributed by atoms with Gasteiger partial charge < -0.3 is 9.88 Å².